The van der Waals surface area contributed by atoms with Gasteiger partial charge < -0.3 is 21.3 Å². The first-order chi connectivity index (χ1) is 11.8. The number of benzene rings is 2. The summed E-state index contributed by atoms with van der Waals surface area (Å²) in [5.74, 6) is -1.53. The van der Waals surface area contributed by atoms with Gasteiger partial charge in [0, 0.05) is 10.0 Å². The highest BCUT2D eigenvalue weighted by Crippen LogP contribution is 2.17. The first-order valence-corrected chi connectivity index (χ1v) is 7.84. The lowest BCUT2D eigenvalue weighted by atomic mass is 10.1. The monoisotopic (exact) mass is 384 g/mol. The predicted octanol–water partition coefficient (Wildman–Crippen LogP) is 2.94. The average molecular weight is 385 g/mol. The van der Waals surface area contributed by atoms with E-state index < -0.39 is 24.0 Å². The number of hydrogen-bond donors (Lipinski definition) is 3. The van der Waals surface area contributed by atoms with Gasteiger partial charge in [-0.2, -0.15) is 0 Å². The lowest BCUT2D eigenvalue weighted by molar-refractivity contribution is -0.142. The summed E-state index contributed by atoms with van der Waals surface area (Å²) in [5, 5.41) is 9.60. The number of methoxy groups -OCH3 is 1. The molecule has 2 rings (SSSR count). The van der Waals surface area contributed by atoms with Gasteiger partial charge in [0.05, 0.1) is 7.11 Å². The van der Waals surface area contributed by atoms with Crippen molar-refractivity contribution in [3.63, 3.8) is 0 Å². The van der Waals surface area contributed by atoms with Crippen molar-refractivity contribution < 1.29 is 19.4 Å². The van der Waals surface area contributed by atoms with Gasteiger partial charge in [0.1, 0.15) is 12.1 Å². The number of halogens is 2. The molecular formula is C17H18Cl2N2O4. The Morgan fingerprint density at radius 1 is 0.960 bits per heavy atom. The van der Waals surface area contributed by atoms with E-state index in [9.17, 15) is 9.59 Å². The van der Waals surface area contributed by atoms with E-state index in [0.29, 0.717) is 21.2 Å². The normalized spacial score (nSPS) is 12.4. The molecule has 0 fully saturated rings. The van der Waals surface area contributed by atoms with E-state index in [1.807, 2.05) is 0 Å². The van der Waals surface area contributed by atoms with Crippen molar-refractivity contribution in [2.45, 2.75) is 12.1 Å². The summed E-state index contributed by atoms with van der Waals surface area (Å²) in [6, 6.07) is 11.6. The molecule has 0 saturated heterocycles. The second-order valence-corrected chi connectivity index (χ2v) is 5.80. The number of carbonyl (C=O) groups is 2. The number of nitrogens with two attached hydrogens (primary N) is 2. The van der Waals surface area contributed by atoms with Crippen LogP contribution < -0.4 is 11.5 Å². The van der Waals surface area contributed by atoms with E-state index in [-0.39, 0.29) is 0 Å². The van der Waals surface area contributed by atoms with Crippen LogP contribution in [0.25, 0.3) is 0 Å². The SMILES string of the molecule is COC(=O)C(N)c1cccc(Cl)c1.NC(C(=O)O)c1cccc(Cl)c1. The van der Waals surface area contributed by atoms with E-state index in [4.69, 9.17) is 39.8 Å². The van der Waals surface area contributed by atoms with Gasteiger partial charge in [0.15, 0.2) is 0 Å². The molecule has 0 spiro atoms. The summed E-state index contributed by atoms with van der Waals surface area (Å²) in [5.41, 5.74) is 12.1. The molecule has 2 aromatic rings. The Balaban J connectivity index is 0.000000251. The van der Waals surface area contributed by atoms with Gasteiger partial charge in [0.25, 0.3) is 0 Å². The van der Waals surface area contributed by atoms with Crippen molar-refractivity contribution in [1.29, 1.82) is 0 Å². The van der Waals surface area contributed by atoms with Crippen LogP contribution in [0.15, 0.2) is 48.5 Å². The molecule has 2 aromatic carbocycles. The lowest BCUT2D eigenvalue weighted by Gasteiger charge is -2.08. The number of esters is 1. The molecule has 0 aliphatic carbocycles. The first-order valence-electron chi connectivity index (χ1n) is 7.09. The minimum absolute atomic E-state index is 0.470. The summed E-state index contributed by atoms with van der Waals surface area (Å²) in [6.07, 6.45) is 0. The van der Waals surface area contributed by atoms with Crippen LogP contribution in [0.4, 0.5) is 0 Å². The second kappa shape index (κ2) is 10.0. The molecule has 0 radical (unpaired) electrons. The Hall–Kier alpha value is -2.12. The summed E-state index contributed by atoms with van der Waals surface area (Å²) in [4.78, 5) is 21.5. The van der Waals surface area contributed by atoms with Gasteiger partial charge in [-0.1, -0.05) is 47.5 Å². The van der Waals surface area contributed by atoms with E-state index in [2.05, 4.69) is 4.74 Å². The highest BCUT2D eigenvalue weighted by molar-refractivity contribution is 6.30. The second-order valence-electron chi connectivity index (χ2n) is 4.93. The highest BCUT2D eigenvalue weighted by atomic mass is 35.5. The zero-order valence-corrected chi connectivity index (χ0v) is 14.9. The molecule has 6 nitrogen and oxygen atoms in total. The third-order valence-electron chi connectivity index (χ3n) is 3.14. The maximum Gasteiger partial charge on any atom is 0.327 e. The maximum atomic E-state index is 11.0. The number of carbonyl (C=O) groups excluding carboxylic acids is 1. The van der Waals surface area contributed by atoms with Gasteiger partial charge in [-0.05, 0) is 35.4 Å². The number of carboxylic acid groups (broad SMARTS) is 1. The van der Waals surface area contributed by atoms with Crippen molar-refractivity contribution in [3.8, 4) is 0 Å². The first kappa shape index (κ1) is 20.9. The van der Waals surface area contributed by atoms with Crippen LogP contribution in [0, 0.1) is 0 Å². The fourth-order valence-electron chi connectivity index (χ4n) is 1.81. The van der Waals surface area contributed by atoms with E-state index in [0.717, 1.165) is 0 Å². The van der Waals surface area contributed by atoms with Gasteiger partial charge in [-0.25, -0.2) is 0 Å². The summed E-state index contributed by atoms with van der Waals surface area (Å²) >= 11 is 11.4. The number of hydrogen-bond acceptors (Lipinski definition) is 5. The number of ether oxygens (including phenoxy) is 1. The summed E-state index contributed by atoms with van der Waals surface area (Å²) < 4.78 is 4.50. The van der Waals surface area contributed by atoms with E-state index in [1.54, 1.807) is 48.5 Å². The van der Waals surface area contributed by atoms with Gasteiger partial charge in [-0.15, -0.1) is 0 Å². The molecule has 0 saturated carbocycles. The van der Waals surface area contributed by atoms with Gasteiger partial charge >= 0.3 is 11.9 Å². The summed E-state index contributed by atoms with van der Waals surface area (Å²) in [7, 11) is 1.30. The lowest BCUT2D eigenvalue weighted by Crippen LogP contribution is -2.22. The fourth-order valence-corrected chi connectivity index (χ4v) is 2.20. The van der Waals surface area contributed by atoms with Crippen molar-refractivity contribution in [1.82, 2.24) is 0 Å². The zero-order chi connectivity index (χ0) is 19.0. The van der Waals surface area contributed by atoms with Crippen LogP contribution in [0.1, 0.15) is 23.2 Å². The molecule has 25 heavy (non-hydrogen) atoms. The Morgan fingerprint density at radius 2 is 1.40 bits per heavy atom. The number of carboxylic acids is 1. The van der Waals surface area contributed by atoms with Crippen LogP contribution >= 0.6 is 23.2 Å². The van der Waals surface area contributed by atoms with Crippen molar-refractivity contribution >= 4 is 35.1 Å². The Bertz CT molecular complexity index is 740. The highest BCUT2D eigenvalue weighted by Gasteiger charge is 2.15. The predicted molar refractivity (Wildman–Crippen MR) is 96.4 cm³/mol. The number of rotatable bonds is 4. The molecule has 2 unspecified atom stereocenters. The molecule has 2 atom stereocenters. The Labute approximate surface area is 155 Å². The molecule has 134 valence electrons. The Morgan fingerprint density at radius 3 is 1.76 bits per heavy atom. The quantitative estimate of drug-likeness (QED) is 0.697. The molecule has 0 aromatic heterocycles. The molecule has 8 heteroatoms. The standard InChI is InChI=1S/C9H10ClNO2.C8H8ClNO2/c1-13-9(12)8(11)6-3-2-4-7(10)5-6;9-6-3-1-2-5(4-6)7(10)8(11)12/h2-5,8H,11H2,1H3;1-4,7H,10H2,(H,11,12). The molecule has 0 aliphatic heterocycles. The van der Waals surface area contributed by atoms with Crippen LogP contribution in [-0.2, 0) is 14.3 Å². The molecule has 0 bridgehead atoms. The minimum atomic E-state index is -1.06. The molecule has 5 N–H and O–H groups in total. The fraction of sp³-hybridized carbons (Fsp3) is 0.176. The maximum absolute atomic E-state index is 11.0. The topological polar surface area (TPSA) is 116 Å². The van der Waals surface area contributed by atoms with Crippen LogP contribution in [0.2, 0.25) is 10.0 Å². The average Bonchev–Trinajstić information content (AvgIpc) is 2.60. The van der Waals surface area contributed by atoms with Gasteiger partial charge in [0.2, 0.25) is 0 Å². The third kappa shape index (κ3) is 6.72. The van der Waals surface area contributed by atoms with E-state index in [1.165, 1.54) is 7.11 Å². The van der Waals surface area contributed by atoms with Crippen molar-refractivity contribution in [3.05, 3.63) is 69.7 Å². The van der Waals surface area contributed by atoms with Gasteiger partial charge in [-0.3, -0.25) is 9.59 Å². The van der Waals surface area contributed by atoms with Crippen molar-refractivity contribution in [2.24, 2.45) is 11.5 Å². The van der Waals surface area contributed by atoms with Crippen LogP contribution in [0.3, 0.4) is 0 Å². The van der Waals surface area contributed by atoms with Crippen molar-refractivity contribution in [2.75, 3.05) is 7.11 Å². The van der Waals surface area contributed by atoms with Crippen LogP contribution in [-0.4, -0.2) is 24.2 Å². The molecule has 0 aliphatic rings. The molecular weight excluding hydrogens is 367 g/mol. The van der Waals surface area contributed by atoms with E-state index >= 15 is 0 Å². The Kier molecular flexibility index (Phi) is 8.37. The minimum Gasteiger partial charge on any atom is -0.480 e. The largest absolute Gasteiger partial charge is 0.480 e. The molecule has 0 amide bonds. The molecule has 0 heterocycles. The number of aliphatic carboxylic acids is 1. The third-order valence-corrected chi connectivity index (χ3v) is 3.61. The smallest absolute Gasteiger partial charge is 0.327 e. The summed E-state index contributed by atoms with van der Waals surface area (Å²) in [6.45, 7) is 0. The van der Waals surface area contributed by atoms with Crippen LogP contribution in [0.5, 0.6) is 0 Å². The zero-order valence-electron chi connectivity index (χ0n) is 13.4.